The van der Waals surface area contributed by atoms with Crippen molar-refractivity contribution in [3.8, 4) is 0 Å². The van der Waals surface area contributed by atoms with E-state index in [4.69, 9.17) is 4.74 Å². The molecule has 114 valence electrons. The monoisotopic (exact) mass is 309 g/mol. The van der Waals surface area contributed by atoms with Crippen LogP contribution in [-0.4, -0.2) is 56.0 Å². The number of ether oxygens (including phenoxy) is 1. The Balaban J connectivity index is 1.64. The average molecular weight is 309 g/mol. The Labute approximate surface area is 124 Å². The lowest BCUT2D eigenvalue weighted by Crippen LogP contribution is -2.53. The number of hydrogen-bond donors (Lipinski definition) is 0. The highest BCUT2D eigenvalue weighted by molar-refractivity contribution is 7.91. The minimum Gasteiger partial charge on any atom is -0.373 e. The number of carbonyl (C=O) groups is 1. The Morgan fingerprint density at radius 3 is 2.76 bits per heavy atom. The molecule has 3 rings (SSSR count). The number of fused-ring (bicyclic) bond motifs is 1. The molecule has 0 saturated carbocycles. The molecule has 0 N–H and O–H groups in total. The summed E-state index contributed by atoms with van der Waals surface area (Å²) >= 11 is 0. The fraction of sp³-hybridized carbons (Fsp3) is 0.533. The predicted octanol–water partition coefficient (Wildman–Crippen LogP) is 0.644. The van der Waals surface area contributed by atoms with Crippen molar-refractivity contribution in [2.45, 2.75) is 25.0 Å². The molecule has 2 aliphatic rings. The van der Waals surface area contributed by atoms with Gasteiger partial charge in [-0.2, -0.15) is 0 Å². The summed E-state index contributed by atoms with van der Waals surface area (Å²) < 4.78 is 29.0. The van der Waals surface area contributed by atoms with Crippen LogP contribution in [0.1, 0.15) is 12.0 Å². The summed E-state index contributed by atoms with van der Waals surface area (Å²) in [6.45, 7) is 0.915. The summed E-state index contributed by atoms with van der Waals surface area (Å²) in [5.74, 6) is 0.101. The molecule has 1 aromatic carbocycles. The number of nitrogens with zero attached hydrogens (tertiary/aromatic N) is 1. The zero-order valence-corrected chi connectivity index (χ0v) is 12.6. The molecule has 0 aromatic heterocycles. The fourth-order valence-corrected chi connectivity index (χ4v) is 4.93. The van der Waals surface area contributed by atoms with E-state index in [0.29, 0.717) is 26.0 Å². The molecular formula is C15H19NO4S. The number of benzene rings is 1. The highest BCUT2D eigenvalue weighted by atomic mass is 32.2. The van der Waals surface area contributed by atoms with Crippen LogP contribution in [0, 0.1) is 0 Å². The van der Waals surface area contributed by atoms with Gasteiger partial charge in [0.25, 0.3) is 0 Å². The van der Waals surface area contributed by atoms with Crippen molar-refractivity contribution in [3.05, 3.63) is 35.9 Å². The molecule has 2 heterocycles. The molecule has 6 heteroatoms. The van der Waals surface area contributed by atoms with Crippen molar-refractivity contribution in [1.82, 2.24) is 4.90 Å². The van der Waals surface area contributed by atoms with Crippen molar-refractivity contribution in [2.75, 3.05) is 24.7 Å². The zero-order chi connectivity index (χ0) is 14.9. The molecule has 0 bridgehead atoms. The Hall–Kier alpha value is -1.40. The molecule has 1 amide bonds. The van der Waals surface area contributed by atoms with Gasteiger partial charge in [0.1, 0.15) is 0 Å². The third-order valence-corrected chi connectivity index (χ3v) is 5.81. The summed E-state index contributed by atoms with van der Waals surface area (Å²) in [4.78, 5) is 14.1. The van der Waals surface area contributed by atoms with Crippen LogP contribution in [0.2, 0.25) is 0 Å². The number of carbonyl (C=O) groups excluding carboxylic acids is 1. The van der Waals surface area contributed by atoms with E-state index in [0.717, 1.165) is 5.56 Å². The van der Waals surface area contributed by atoms with Gasteiger partial charge in [-0.15, -0.1) is 0 Å². The first-order chi connectivity index (χ1) is 10.1. The number of hydrogen-bond acceptors (Lipinski definition) is 4. The third-order valence-electron chi connectivity index (χ3n) is 4.13. The molecule has 0 aliphatic carbocycles. The first-order valence-corrected chi connectivity index (χ1v) is 9.03. The molecule has 21 heavy (non-hydrogen) atoms. The van der Waals surface area contributed by atoms with Gasteiger partial charge in [0.15, 0.2) is 9.84 Å². The van der Waals surface area contributed by atoms with Crippen LogP contribution in [0.5, 0.6) is 0 Å². The van der Waals surface area contributed by atoms with E-state index in [1.165, 1.54) is 0 Å². The molecule has 0 radical (unpaired) electrons. The maximum absolute atomic E-state index is 12.4. The van der Waals surface area contributed by atoms with Gasteiger partial charge in [0.05, 0.1) is 30.3 Å². The van der Waals surface area contributed by atoms with E-state index < -0.39 is 9.84 Å². The lowest BCUT2D eigenvalue weighted by atomic mass is 10.1. The van der Waals surface area contributed by atoms with Gasteiger partial charge in [0.2, 0.25) is 5.91 Å². The maximum Gasteiger partial charge on any atom is 0.223 e. The summed E-state index contributed by atoms with van der Waals surface area (Å²) in [5, 5.41) is 0. The number of aryl methyl sites for hydroxylation is 1. The molecule has 2 aliphatic heterocycles. The molecule has 2 saturated heterocycles. The molecule has 2 fully saturated rings. The minimum atomic E-state index is -3.08. The van der Waals surface area contributed by atoms with E-state index in [9.17, 15) is 13.2 Å². The zero-order valence-electron chi connectivity index (χ0n) is 11.8. The Kier molecular flexibility index (Phi) is 3.99. The Bertz CT molecular complexity index is 614. The molecule has 1 aromatic rings. The van der Waals surface area contributed by atoms with Crippen LogP contribution in [0.3, 0.4) is 0 Å². The van der Waals surface area contributed by atoms with Gasteiger partial charge in [-0.3, -0.25) is 4.79 Å². The second-order valence-electron chi connectivity index (χ2n) is 5.63. The van der Waals surface area contributed by atoms with Crippen LogP contribution in [0.4, 0.5) is 0 Å². The highest BCUT2D eigenvalue weighted by Gasteiger charge is 2.45. The van der Waals surface area contributed by atoms with Crippen molar-refractivity contribution in [2.24, 2.45) is 0 Å². The van der Waals surface area contributed by atoms with Crippen molar-refractivity contribution in [3.63, 3.8) is 0 Å². The predicted molar refractivity (Wildman–Crippen MR) is 78.7 cm³/mol. The molecule has 2 atom stereocenters. The second kappa shape index (κ2) is 5.77. The Morgan fingerprint density at radius 2 is 2.00 bits per heavy atom. The van der Waals surface area contributed by atoms with Crippen LogP contribution in [0.25, 0.3) is 0 Å². The fourth-order valence-electron chi connectivity index (χ4n) is 3.06. The van der Waals surface area contributed by atoms with E-state index in [2.05, 4.69) is 0 Å². The van der Waals surface area contributed by atoms with Gasteiger partial charge in [0, 0.05) is 13.0 Å². The van der Waals surface area contributed by atoms with Gasteiger partial charge in [-0.25, -0.2) is 8.42 Å². The van der Waals surface area contributed by atoms with Crippen LogP contribution in [-0.2, 0) is 25.8 Å². The first-order valence-electron chi connectivity index (χ1n) is 7.20. The lowest BCUT2D eigenvalue weighted by molar-refractivity contribution is -0.142. The lowest BCUT2D eigenvalue weighted by Gasteiger charge is -2.36. The number of amides is 1. The van der Waals surface area contributed by atoms with E-state index in [1.807, 2.05) is 30.3 Å². The maximum atomic E-state index is 12.4. The van der Waals surface area contributed by atoms with Crippen molar-refractivity contribution in [1.29, 1.82) is 0 Å². The first kappa shape index (κ1) is 14.5. The molecule has 5 nitrogen and oxygen atoms in total. The van der Waals surface area contributed by atoms with E-state index in [1.54, 1.807) is 4.90 Å². The second-order valence-corrected chi connectivity index (χ2v) is 7.78. The van der Waals surface area contributed by atoms with Crippen LogP contribution >= 0.6 is 0 Å². The molecule has 0 spiro atoms. The summed E-state index contributed by atoms with van der Waals surface area (Å²) in [7, 11) is -3.08. The van der Waals surface area contributed by atoms with E-state index >= 15 is 0 Å². The molecule has 2 unspecified atom stereocenters. The highest BCUT2D eigenvalue weighted by Crippen LogP contribution is 2.25. The summed E-state index contributed by atoms with van der Waals surface area (Å²) in [5.41, 5.74) is 1.12. The largest absolute Gasteiger partial charge is 0.373 e. The molecular weight excluding hydrogens is 290 g/mol. The third kappa shape index (κ3) is 3.27. The number of rotatable bonds is 3. The van der Waals surface area contributed by atoms with Crippen molar-refractivity contribution >= 4 is 15.7 Å². The van der Waals surface area contributed by atoms with Crippen LogP contribution < -0.4 is 0 Å². The smallest absolute Gasteiger partial charge is 0.223 e. The minimum absolute atomic E-state index is 0.0225. The Morgan fingerprint density at radius 1 is 1.24 bits per heavy atom. The standard InChI is InChI=1S/C15H19NO4S/c17-15(7-6-12-4-2-1-3-5-12)16-8-9-20-14-11-21(18,19)10-13(14)16/h1-5,13-14H,6-11H2. The number of sulfone groups is 1. The van der Waals surface area contributed by atoms with Crippen molar-refractivity contribution < 1.29 is 17.9 Å². The van der Waals surface area contributed by atoms with E-state index in [-0.39, 0.29) is 29.6 Å². The average Bonchev–Trinajstić information content (AvgIpc) is 2.79. The van der Waals surface area contributed by atoms with Crippen LogP contribution in [0.15, 0.2) is 30.3 Å². The van der Waals surface area contributed by atoms with Gasteiger partial charge < -0.3 is 9.64 Å². The summed E-state index contributed by atoms with van der Waals surface area (Å²) in [6, 6.07) is 9.54. The van der Waals surface area contributed by atoms with Gasteiger partial charge in [-0.05, 0) is 12.0 Å². The number of morpholine rings is 1. The topological polar surface area (TPSA) is 63.7 Å². The van der Waals surface area contributed by atoms with Gasteiger partial charge in [-0.1, -0.05) is 30.3 Å². The quantitative estimate of drug-likeness (QED) is 0.822. The normalized spacial score (nSPS) is 27.3. The van der Waals surface area contributed by atoms with Gasteiger partial charge >= 0.3 is 0 Å². The SMILES string of the molecule is O=C(CCc1ccccc1)N1CCOC2CS(=O)(=O)CC21. The summed E-state index contributed by atoms with van der Waals surface area (Å²) in [6.07, 6.45) is 0.749.